The first-order valence-electron chi connectivity index (χ1n) is 6.30. The summed E-state index contributed by atoms with van der Waals surface area (Å²) in [5.41, 5.74) is 2.12. The highest BCUT2D eigenvalue weighted by Gasteiger charge is 2.18. The molecule has 104 valence electrons. The van der Waals surface area contributed by atoms with Crippen molar-refractivity contribution in [2.45, 2.75) is 18.6 Å². The molecule has 1 aromatic carbocycles. The van der Waals surface area contributed by atoms with Crippen LogP contribution in [0.2, 0.25) is 10.0 Å². The van der Waals surface area contributed by atoms with Crippen molar-refractivity contribution in [2.24, 2.45) is 0 Å². The van der Waals surface area contributed by atoms with Gasteiger partial charge in [0, 0.05) is 17.1 Å². The lowest BCUT2D eigenvalue weighted by Gasteiger charge is -2.08. The van der Waals surface area contributed by atoms with Gasteiger partial charge < -0.3 is 0 Å². The van der Waals surface area contributed by atoms with Crippen molar-refractivity contribution in [1.82, 2.24) is 0 Å². The van der Waals surface area contributed by atoms with Gasteiger partial charge in [-0.15, -0.1) is 11.3 Å². The zero-order valence-corrected chi connectivity index (χ0v) is 13.8. The third kappa shape index (κ3) is 2.91. The second-order valence-electron chi connectivity index (χ2n) is 4.67. The Balaban J connectivity index is 1.82. The number of ketones is 1. The van der Waals surface area contributed by atoms with Crippen LogP contribution in [0.3, 0.4) is 0 Å². The third-order valence-corrected chi connectivity index (χ3v) is 6.43. The van der Waals surface area contributed by atoms with Gasteiger partial charge in [-0.1, -0.05) is 35.3 Å². The van der Waals surface area contributed by atoms with Crippen LogP contribution in [-0.4, -0.2) is 11.5 Å². The van der Waals surface area contributed by atoms with Gasteiger partial charge in [0.15, 0.2) is 5.78 Å². The Bertz CT molecular complexity index is 640. The van der Waals surface area contributed by atoms with Gasteiger partial charge in [0.2, 0.25) is 0 Å². The van der Waals surface area contributed by atoms with Crippen molar-refractivity contribution in [2.75, 3.05) is 5.75 Å². The first-order valence-corrected chi connectivity index (χ1v) is 9.03. The molecular formula is C15H12Cl2OS2. The summed E-state index contributed by atoms with van der Waals surface area (Å²) in [6.07, 6.45) is 1.39. The summed E-state index contributed by atoms with van der Waals surface area (Å²) in [4.78, 5) is 14.6. The Labute approximate surface area is 136 Å². The van der Waals surface area contributed by atoms with Gasteiger partial charge in [-0.25, -0.2) is 0 Å². The maximum absolute atomic E-state index is 12.4. The number of Topliss-reactive ketones (excluding diaryl/α,β-unsaturated/α-hetero) is 1. The lowest BCUT2D eigenvalue weighted by Crippen LogP contribution is -2.02. The van der Waals surface area contributed by atoms with Crippen LogP contribution in [0.1, 0.15) is 25.7 Å². The molecule has 0 N–H and O–H groups in total. The zero-order chi connectivity index (χ0) is 14.1. The highest BCUT2D eigenvalue weighted by Crippen LogP contribution is 2.33. The van der Waals surface area contributed by atoms with Crippen molar-refractivity contribution >= 4 is 52.1 Å². The molecule has 5 heteroatoms. The van der Waals surface area contributed by atoms with Crippen LogP contribution in [0.15, 0.2) is 24.3 Å². The van der Waals surface area contributed by atoms with Gasteiger partial charge >= 0.3 is 0 Å². The van der Waals surface area contributed by atoms with E-state index in [1.54, 1.807) is 17.4 Å². The summed E-state index contributed by atoms with van der Waals surface area (Å²) in [7, 11) is 0. The SMILES string of the molecule is O=C(Cc1cccc(Cl)c1Cl)c1cc2c(s1)CCSC2. The largest absolute Gasteiger partial charge is 0.293 e. The lowest BCUT2D eigenvalue weighted by molar-refractivity contribution is 0.0997. The number of halogens is 2. The van der Waals surface area contributed by atoms with E-state index in [9.17, 15) is 4.79 Å². The van der Waals surface area contributed by atoms with Crippen molar-refractivity contribution < 1.29 is 4.79 Å². The van der Waals surface area contributed by atoms with Crippen molar-refractivity contribution in [3.8, 4) is 0 Å². The fourth-order valence-electron chi connectivity index (χ4n) is 2.23. The smallest absolute Gasteiger partial charge is 0.177 e. The second-order valence-corrected chi connectivity index (χ2v) is 7.70. The molecule has 0 radical (unpaired) electrons. The first kappa shape index (κ1) is 14.5. The Morgan fingerprint density at radius 1 is 1.30 bits per heavy atom. The maximum Gasteiger partial charge on any atom is 0.177 e. The number of carbonyl (C=O) groups is 1. The summed E-state index contributed by atoms with van der Waals surface area (Å²) in [5, 5.41) is 0.984. The standard InChI is InChI=1S/C15H12Cl2OS2/c16-11-3-1-2-9(15(11)17)6-12(18)14-7-10-8-19-5-4-13(10)20-14/h1-3,7H,4-6,8H2. The third-order valence-electron chi connectivity index (χ3n) is 3.29. The average molecular weight is 343 g/mol. The molecule has 0 fully saturated rings. The Morgan fingerprint density at radius 2 is 2.15 bits per heavy atom. The summed E-state index contributed by atoms with van der Waals surface area (Å²) >= 11 is 15.7. The number of hydrogen-bond donors (Lipinski definition) is 0. The maximum atomic E-state index is 12.4. The number of hydrogen-bond acceptors (Lipinski definition) is 3. The first-order chi connectivity index (χ1) is 9.65. The van der Waals surface area contributed by atoms with Crippen LogP contribution < -0.4 is 0 Å². The number of thiophene rings is 1. The van der Waals surface area contributed by atoms with E-state index in [0.29, 0.717) is 16.5 Å². The molecule has 0 spiro atoms. The number of thioether (sulfide) groups is 1. The fraction of sp³-hybridized carbons (Fsp3) is 0.267. The van der Waals surface area contributed by atoms with Gasteiger partial charge in [0.1, 0.15) is 0 Å². The van der Waals surface area contributed by atoms with Crippen LogP contribution in [0.4, 0.5) is 0 Å². The second kappa shape index (κ2) is 6.10. The molecule has 0 saturated carbocycles. The van der Waals surface area contributed by atoms with E-state index in [0.717, 1.165) is 28.4 Å². The summed E-state index contributed by atoms with van der Waals surface area (Å²) in [6.45, 7) is 0. The monoisotopic (exact) mass is 342 g/mol. The van der Waals surface area contributed by atoms with E-state index < -0.39 is 0 Å². The van der Waals surface area contributed by atoms with Crippen molar-refractivity contribution in [3.05, 3.63) is 55.2 Å². The fourth-order valence-corrected chi connectivity index (χ4v) is 4.93. The van der Waals surface area contributed by atoms with Crippen LogP contribution in [-0.2, 0) is 18.6 Å². The van der Waals surface area contributed by atoms with Crippen molar-refractivity contribution in [3.63, 3.8) is 0 Å². The minimum Gasteiger partial charge on any atom is -0.293 e. The normalized spacial score (nSPS) is 14.1. The molecule has 0 atom stereocenters. The molecule has 1 aromatic heterocycles. The molecule has 0 aliphatic carbocycles. The molecule has 2 heterocycles. The Morgan fingerprint density at radius 3 is 2.95 bits per heavy atom. The van der Waals surface area contributed by atoms with E-state index in [-0.39, 0.29) is 5.78 Å². The van der Waals surface area contributed by atoms with Crippen LogP contribution in [0.5, 0.6) is 0 Å². The van der Waals surface area contributed by atoms with E-state index in [2.05, 4.69) is 0 Å². The quantitative estimate of drug-likeness (QED) is 0.706. The molecule has 0 amide bonds. The molecule has 2 aromatic rings. The Kier molecular flexibility index (Phi) is 4.41. The molecular weight excluding hydrogens is 331 g/mol. The van der Waals surface area contributed by atoms with Crippen LogP contribution in [0, 0.1) is 0 Å². The molecule has 20 heavy (non-hydrogen) atoms. The minimum absolute atomic E-state index is 0.124. The van der Waals surface area contributed by atoms with E-state index in [1.165, 1.54) is 10.4 Å². The molecule has 3 rings (SSSR count). The number of benzene rings is 1. The van der Waals surface area contributed by atoms with Gasteiger partial charge in [-0.05, 0) is 35.4 Å². The highest BCUT2D eigenvalue weighted by molar-refractivity contribution is 7.98. The van der Waals surface area contributed by atoms with Crippen molar-refractivity contribution in [1.29, 1.82) is 0 Å². The molecule has 0 saturated heterocycles. The van der Waals surface area contributed by atoms with E-state index >= 15 is 0 Å². The predicted molar refractivity (Wildman–Crippen MR) is 88.7 cm³/mol. The van der Waals surface area contributed by atoms with Crippen LogP contribution >= 0.6 is 46.3 Å². The van der Waals surface area contributed by atoms with Gasteiger partial charge in [-0.3, -0.25) is 4.79 Å². The highest BCUT2D eigenvalue weighted by atomic mass is 35.5. The number of rotatable bonds is 3. The summed E-state index contributed by atoms with van der Waals surface area (Å²) in [6, 6.07) is 7.47. The van der Waals surface area contributed by atoms with Gasteiger partial charge in [0.25, 0.3) is 0 Å². The minimum atomic E-state index is 0.124. The van der Waals surface area contributed by atoms with Gasteiger partial charge in [0.05, 0.1) is 14.9 Å². The summed E-state index contributed by atoms with van der Waals surface area (Å²) in [5.74, 6) is 2.30. The molecule has 0 unspecified atom stereocenters. The zero-order valence-electron chi connectivity index (χ0n) is 10.6. The van der Waals surface area contributed by atoms with E-state index in [1.807, 2.05) is 30.0 Å². The number of fused-ring (bicyclic) bond motifs is 1. The molecule has 0 bridgehead atoms. The molecule has 1 aliphatic rings. The van der Waals surface area contributed by atoms with Gasteiger partial charge in [-0.2, -0.15) is 11.8 Å². The average Bonchev–Trinajstić information content (AvgIpc) is 2.88. The number of aryl methyl sites for hydroxylation is 1. The molecule has 1 nitrogen and oxygen atoms in total. The van der Waals surface area contributed by atoms with E-state index in [4.69, 9.17) is 23.2 Å². The van der Waals surface area contributed by atoms with Crippen LogP contribution in [0.25, 0.3) is 0 Å². The summed E-state index contributed by atoms with van der Waals surface area (Å²) < 4.78 is 0. The predicted octanol–water partition coefficient (Wildman–Crippen LogP) is 5.27. The topological polar surface area (TPSA) is 17.1 Å². The molecule has 1 aliphatic heterocycles. The number of carbonyl (C=O) groups excluding carboxylic acids is 1. The Hall–Kier alpha value is -0.480. The lowest BCUT2D eigenvalue weighted by atomic mass is 10.1.